The Hall–Kier alpha value is -1.92. The van der Waals surface area contributed by atoms with Crippen LogP contribution >= 0.6 is 0 Å². The van der Waals surface area contributed by atoms with Crippen LogP contribution in [0.25, 0.3) is 0 Å². The Bertz CT molecular complexity index is 642. The Morgan fingerprint density at radius 3 is 2.48 bits per heavy atom. The molecule has 0 aliphatic heterocycles. The van der Waals surface area contributed by atoms with Gasteiger partial charge in [0.2, 0.25) is 0 Å². The average molecular weight is 415 g/mol. The lowest BCUT2D eigenvalue weighted by atomic mass is 9.89. The Balaban J connectivity index is 1.92. The van der Waals surface area contributed by atoms with Gasteiger partial charge in [-0.1, -0.05) is 32.3 Å². The lowest BCUT2D eigenvalue weighted by Crippen LogP contribution is -2.43. The molecule has 1 unspecified atom stereocenters. The summed E-state index contributed by atoms with van der Waals surface area (Å²) in [4.78, 5) is 14.5. The summed E-state index contributed by atoms with van der Waals surface area (Å²) in [5.74, 6) is 0.609. The van der Waals surface area contributed by atoms with E-state index in [0.717, 1.165) is 25.0 Å². The van der Waals surface area contributed by atoms with Crippen molar-refractivity contribution in [3.8, 4) is 5.75 Å². The molecule has 1 aliphatic rings. The fourth-order valence-corrected chi connectivity index (χ4v) is 3.54. The largest absolute Gasteiger partial charge is 0.490 e. The van der Waals surface area contributed by atoms with E-state index in [0.29, 0.717) is 18.9 Å². The van der Waals surface area contributed by atoms with Crippen molar-refractivity contribution in [3.63, 3.8) is 0 Å². The summed E-state index contributed by atoms with van der Waals surface area (Å²) in [6.07, 6.45) is 1.11. The van der Waals surface area contributed by atoms with Crippen molar-refractivity contribution in [3.05, 3.63) is 29.8 Å². The Kier molecular flexibility index (Phi) is 8.65. The number of benzene rings is 1. The molecule has 0 heterocycles. The minimum Gasteiger partial charge on any atom is -0.490 e. The minimum atomic E-state index is -4.42. The molecule has 1 aromatic rings. The number of halogens is 3. The summed E-state index contributed by atoms with van der Waals surface area (Å²) >= 11 is 0. The lowest BCUT2D eigenvalue weighted by Gasteiger charge is -2.33. The first kappa shape index (κ1) is 23.4. The van der Waals surface area contributed by atoms with Crippen molar-refractivity contribution in [2.24, 2.45) is 5.92 Å². The van der Waals surface area contributed by atoms with Crippen LogP contribution in [0.3, 0.4) is 0 Å². The van der Waals surface area contributed by atoms with Crippen LogP contribution in [0, 0.1) is 5.92 Å². The van der Waals surface area contributed by atoms with Gasteiger partial charge in [0.15, 0.2) is 0 Å². The highest BCUT2D eigenvalue weighted by Gasteiger charge is 2.31. The second-order valence-electron chi connectivity index (χ2n) is 8.00. The van der Waals surface area contributed by atoms with Crippen molar-refractivity contribution < 1.29 is 27.4 Å². The van der Waals surface area contributed by atoms with Gasteiger partial charge in [-0.25, -0.2) is 4.79 Å². The van der Waals surface area contributed by atoms with Crippen molar-refractivity contribution in [1.29, 1.82) is 0 Å². The van der Waals surface area contributed by atoms with E-state index in [4.69, 9.17) is 9.47 Å². The van der Waals surface area contributed by atoms with Crippen molar-refractivity contribution in [2.45, 2.75) is 77.6 Å². The van der Waals surface area contributed by atoms with Gasteiger partial charge in [-0.05, 0) is 57.2 Å². The molecule has 0 radical (unpaired) electrons. The third-order valence-electron chi connectivity index (χ3n) is 5.36. The summed E-state index contributed by atoms with van der Waals surface area (Å²) in [7, 11) is 0. The fourth-order valence-electron chi connectivity index (χ4n) is 3.54. The lowest BCUT2D eigenvalue weighted by molar-refractivity contribution is -0.137. The zero-order valence-corrected chi connectivity index (χ0v) is 17.5. The van der Waals surface area contributed by atoms with Gasteiger partial charge in [-0.3, -0.25) is 0 Å². The number of hydrogen-bond donors (Lipinski definition) is 0. The Morgan fingerprint density at radius 2 is 1.90 bits per heavy atom. The van der Waals surface area contributed by atoms with Crippen molar-refractivity contribution >= 4 is 6.09 Å². The number of amides is 1. The van der Waals surface area contributed by atoms with E-state index in [1.165, 1.54) is 31.4 Å². The maximum absolute atomic E-state index is 12.8. The number of hydrogen-bond acceptors (Lipinski definition) is 3. The third-order valence-corrected chi connectivity index (χ3v) is 5.36. The zero-order chi connectivity index (χ0) is 21.4. The molecule has 7 heteroatoms. The topological polar surface area (TPSA) is 38.8 Å². The first-order chi connectivity index (χ1) is 13.7. The van der Waals surface area contributed by atoms with E-state index in [9.17, 15) is 18.0 Å². The van der Waals surface area contributed by atoms with Gasteiger partial charge >= 0.3 is 12.3 Å². The van der Waals surface area contributed by atoms with Gasteiger partial charge in [0.25, 0.3) is 0 Å². The fraction of sp³-hybridized carbons (Fsp3) is 0.682. The van der Waals surface area contributed by atoms with E-state index in [1.807, 2.05) is 20.8 Å². The molecule has 4 nitrogen and oxygen atoms in total. The molecule has 1 saturated carbocycles. The van der Waals surface area contributed by atoms with E-state index < -0.39 is 17.8 Å². The molecule has 0 N–H and O–H groups in total. The Morgan fingerprint density at radius 1 is 1.21 bits per heavy atom. The van der Waals surface area contributed by atoms with E-state index in [-0.39, 0.29) is 24.5 Å². The van der Waals surface area contributed by atoms with Crippen LogP contribution < -0.4 is 4.74 Å². The van der Waals surface area contributed by atoms with E-state index in [2.05, 4.69) is 0 Å². The molecule has 0 saturated heterocycles. The number of rotatable bonds is 8. The molecule has 0 spiro atoms. The molecular weight excluding hydrogens is 383 g/mol. The van der Waals surface area contributed by atoms with Crippen LogP contribution in [0.2, 0.25) is 0 Å². The number of carbonyl (C=O) groups is 1. The summed E-state index contributed by atoms with van der Waals surface area (Å²) in [6.45, 7) is 6.48. The predicted molar refractivity (Wildman–Crippen MR) is 106 cm³/mol. The number of nitrogens with zero attached hydrogens (tertiary/aromatic N) is 1. The maximum Gasteiger partial charge on any atom is 0.416 e. The molecule has 1 fully saturated rings. The average Bonchev–Trinajstić information content (AvgIpc) is 2.69. The smallest absolute Gasteiger partial charge is 0.416 e. The van der Waals surface area contributed by atoms with E-state index in [1.54, 1.807) is 4.90 Å². The van der Waals surface area contributed by atoms with Crippen LogP contribution in [0.5, 0.6) is 5.75 Å². The van der Waals surface area contributed by atoms with Crippen LogP contribution in [0.1, 0.15) is 64.9 Å². The highest BCUT2D eigenvalue weighted by atomic mass is 19.4. The molecular formula is C22H32F3NO3. The second-order valence-corrected chi connectivity index (χ2v) is 8.00. The number of carbonyl (C=O) groups excluding carboxylic acids is 1. The van der Waals surface area contributed by atoms with Gasteiger partial charge in [0.05, 0.1) is 5.56 Å². The normalized spacial score (nSPS) is 16.5. The highest BCUT2D eigenvalue weighted by Crippen LogP contribution is 2.31. The maximum atomic E-state index is 12.8. The molecule has 1 atom stereocenters. The standard InChI is InChI=1S/C22H32F3NO3/c1-4-19(15-28-20-12-8-11-18(13-20)22(23,24)25)29-21(27)26(16(2)3)14-17-9-6-5-7-10-17/h8,11-13,16-17,19H,4-7,9-10,14-15H2,1-3H3. The van der Waals surface area contributed by atoms with Gasteiger partial charge in [0.1, 0.15) is 18.5 Å². The van der Waals surface area contributed by atoms with Crippen LogP contribution in [0.4, 0.5) is 18.0 Å². The van der Waals surface area contributed by atoms with Crippen LogP contribution in [0.15, 0.2) is 24.3 Å². The van der Waals surface area contributed by atoms with Gasteiger partial charge in [-0.2, -0.15) is 13.2 Å². The molecule has 29 heavy (non-hydrogen) atoms. The SMILES string of the molecule is CCC(COc1cccc(C(F)(F)F)c1)OC(=O)N(CC1CCCCC1)C(C)C. The second kappa shape index (κ2) is 10.7. The summed E-state index contributed by atoms with van der Waals surface area (Å²) in [5, 5.41) is 0. The predicted octanol–water partition coefficient (Wildman–Crippen LogP) is 6.29. The monoisotopic (exact) mass is 415 g/mol. The van der Waals surface area contributed by atoms with Crippen LogP contribution in [-0.2, 0) is 10.9 Å². The van der Waals surface area contributed by atoms with E-state index >= 15 is 0 Å². The number of alkyl halides is 3. The van der Waals surface area contributed by atoms with Gasteiger partial charge in [0, 0.05) is 12.6 Å². The first-order valence-electron chi connectivity index (χ1n) is 10.5. The van der Waals surface area contributed by atoms with Crippen molar-refractivity contribution in [2.75, 3.05) is 13.2 Å². The summed E-state index contributed by atoms with van der Waals surface area (Å²) in [6, 6.07) is 4.74. The molecule has 164 valence electrons. The zero-order valence-electron chi connectivity index (χ0n) is 17.5. The number of ether oxygens (including phenoxy) is 2. The van der Waals surface area contributed by atoms with Gasteiger partial charge < -0.3 is 14.4 Å². The molecule has 1 aromatic carbocycles. The minimum absolute atomic E-state index is 0.0128. The quantitative estimate of drug-likeness (QED) is 0.501. The van der Waals surface area contributed by atoms with Gasteiger partial charge in [-0.15, -0.1) is 0 Å². The summed E-state index contributed by atoms with van der Waals surface area (Å²) < 4.78 is 49.6. The third kappa shape index (κ3) is 7.44. The molecule has 1 amide bonds. The molecule has 2 rings (SSSR count). The molecule has 0 aromatic heterocycles. The van der Waals surface area contributed by atoms with Crippen LogP contribution in [-0.4, -0.2) is 36.3 Å². The highest BCUT2D eigenvalue weighted by molar-refractivity contribution is 5.68. The summed E-state index contributed by atoms with van der Waals surface area (Å²) in [5.41, 5.74) is -0.765. The first-order valence-corrected chi connectivity index (χ1v) is 10.5. The molecule has 1 aliphatic carbocycles. The van der Waals surface area contributed by atoms with Crippen molar-refractivity contribution in [1.82, 2.24) is 4.90 Å². The Labute approximate surface area is 171 Å². The molecule has 0 bridgehead atoms.